The molecule has 1 N–H and O–H groups in total. The second-order valence-corrected chi connectivity index (χ2v) is 8.35. The molecule has 0 amide bonds. The lowest BCUT2D eigenvalue weighted by atomic mass is 10.1. The van der Waals surface area contributed by atoms with Crippen molar-refractivity contribution in [3.8, 4) is 0 Å². The Kier molecular flexibility index (Phi) is 6.57. The molecule has 0 atom stereocenters. The zero-order chi connectivity index (χ0) is 22.6. The Balaban J connectivity index is 1.87. The van der Waals surface area contributed by atoms with Crippen LogP contribution in [0.15, 0.2) is 52.5 Å². The van der Waals surface area contributed by atoms with E-state index in [9.17, 15) is 31.7 Å². The molecule has 0 unspecified atom stereocenters. The molecule has 9 nitrogen and oxygen atoms in total. The van der Waals surface area contributed by atoms with Crippen LogP contribution in [-0.4, -0.2) is 50.2 Å². The van der Waals surface area contributed by atoms with Crippen molar-refractivity contribution < 1.29 is 31.2 Å². The van der Waals surface area contributed by atoms with E-state index in [-0.39, 0.29) is 36.9 Å². The third-order valence-corrected chi connectivity index (χ3v) is 6.34. The average molecular weight is 458 g/mol. The van der Waals surface area contributed by atoms with Crippen molar-refractivity contribution in [2.45, 2.75) is 11.1 Å². The van der Waals surface area contributed by atoms with Crippen molar-refractivity contribution in [3.63, 3.8) is 0 Å². The molecule has 2 aromatic rings. The van der Waals surface area contributed by atoms with Crippen molar-refractivity contribution in [1.29, 1.82) is 0 Å². The minimum atomic E-state index is -4.46. The number of nitrogens with one attached hydrogen (secondary N) is 1. The van der Waals surface area contributed by atoms with Crippen molar-refractivity contribution in [2.75, 3.05) is 31.7 Å². The second-order valence-electron chi connectivity index (χ2n) is 6.44. The molecule has 1 saturated heterocycles. The number of nitrogens with zero attached hydrogens (tertiary/aromatic N) is 3. The van der Waals surface area contributed by atoms with E-state index in [0.717, 1.165) is 28.6 Å². The van der Waals surface area contributed by atoms with Crippen LogP contribution in [0.2, 0.25) is 0 Å². The van der Waals surface area contributed by atoms with E-state index in [1.54, 1.807) is 0 Å². The summed E-state index contributed by atoms with van der Waals surface area (Å²) >= 11 is 0. The predicted molar refractivity (Wildman–Crippen MR) is 105 cm³/mol. The minimum absolute atomic E-state index is 0.0137. The highest BCUT2D eigenvalue weighted by Gasteiger charge is 2.31. The monoisotopic (exact) mass is 458 g/mol. The number of morpholine rings is 1. The molecule has 0 bridgehead atoms. The number of nitro groups is 1. The van der Waals surface area contributed by atoms with Crippen LogP contribution >= 0.6 is 0 Å². The Bertz CT molecular complexity index is 1080. The van der Waals surface area contributed by atoms with Crippen LogP contribution in [0.25, 0.3) is 0 Å². The van der Waals surface area contributed by atoms with Gasteiger partial charge < -0.3 is 4.74 Å². The molecule has 3 rings (SSSR count). The number of benzene rings is 2. The lowest BCUT2D eigenvalue weighted by Gasteiger charge is -2.26. The van der Waals surface area contributed by atoms with E-state index in [0.29, 0.717) is 5.56 Å². The van der Waals surface area contributed by atoms with E-state index in [1.807, 2.05) is 0 Å². The number of non-ortho nitro benzene ring substituents is 1. The van der Waals surface area contributed by atoms with Crippen molar-refractivity contribution in [3.05, 3.63) is 63.7 Å². The SMILES string of the molecule is O=[N+]([O-])c1ccc(NN=Cc2ccc(C(F)(F)F)cc2)c(S(=O)(=O)N2CCOCC2)c1. The summed E-state index contributed by atoms with van der Waals surface area (Å²) in [5.41, 5.74) is 1.60. The van der Waals surface area contributed by atoms with Crippen LogP contribution in [0, 0.1) is 10.1 Å². The van der Waals surface area contributed by atoms with Crippen LogP contribution in [-0.2, 0) is 20.9 Å². The Labute approximate surface area is 175 Å². The van der Waals surface area contributed by atoms with Crippen LogP contribution in [0.4, 0.5) is 24.5 Å². The quantitative estimate of drug-likeness (QED) is 0.404. The van der Waals surface area contributed by atoms with Gasteiger partial charge in [0.2, 0.25) is 10.0 Å². The molecule has 31 heavy (non-hydrogen) atoms. The van der Waals surface area contributed by atoms with E-state index in [2.05, 4.69) is 10.5 Å². The number of hydrogen-bond donors (Lipinski definition) is 1. The van der Waals surface area contributed by atoms with Gasteiger partial charge in [0.05, 0.1) is 35.6 Å². The van der Waals surface area contributed by atoms with Gasteiger partial charge in [-0.1, -0.05) is 12.1 Å². The zero-order valence-electron chi connectivity index (χ0n) is 15.9. The summed E-state index contributed by atoms with van der Waals surface area (Å²) in [4.78, 5) is 10.1. The first-order valence-corrected chi connectivity index (χ1v) is 10.4. The number of sulfonamides is 1. The first-order chi connectivity index (χ1) is 14.6. The molecule has 0 aliphatic carbocycles. The van der Waals surface area contributed by atoms with Gasteiger partial charge in [-0.25, -0.2) is 8.42 Å². The number of hydrogen-bond acceptors (Lipinski definition) is 7. The Morgan fingerprint density at radius 1 is 1.13 bits per heavy atom. The third kappa shape index (κ3) is 5.37. The molecular weight excluding hydrogens is 441 g/mol. The van der Waals surface area contributed by atoms with Gasteiger partial charge in [0.25, 0.3) is 5.69 Å². The molecule has 0 radical (unpaired) electrons. The number of hydrazone groups is 1. The summed E-state index contributed by atoms with van der Waals surface area (Å²) in [6.07, 6.45) is -3.26. The molecule has 13 heteroatoms. The summed E-state index contributed by atoms with van der Waals surface area (Å²) in [5.74, 6) is 0. The van der Waals surface area contributed by atoms with Gasteiger partial charge in [0, 0.05) is 25.2 Å². The molecule has 0 saturated carbocycles. The Hall–Kier alpha value is -3.03. The van der Waals surface area contributed by atoms with Gasteiger partial charge in [-0.05, 0) is 23.8 Å². The summed E-state index contributed by atoms with van der Waals surface area (Å²) in [7, 11) is -4.08. The fraction of sp³-hybridized carbons (Fsp3) is 0.278. The van der Waals surface area contributed by atoms with Crippen molar-refractivity contribution >= 4 is 27.6 Å². The fourth-order valence-corrected chi connectivity index (χ4v) is 4.36. The number of halogens is 3. The van der Waals surface area contributed by atoms with Crippen LogP contribution in [0.3, 0.4) is 0 Å². The second kappa shape index (κ2) is 8.99. The summed E-state index contributed by atoms with van der Waals surface area (Å²) in [5, 5.41) is 15.0. The van der Waals surface area contributed by atoms with Crippen molar-refractivity contribution in [2.24, 2.45) is 5.10 Å². The van der Waals surface area contributed by atoms with Gasteiger partial charge in [-0.15, -0.1) is 0 Å². The smallest absolute Gasteiger partial charge is 0.379 e. The Morgan fingerprint density at radius 3 is 2.35 bits per heavy atom. The van der Waals surface area contributed by atoms with Gasteiger partial charge >= 0.3 is 6.18 Å². The molecule has 1 aliphatic rings. The van der Waals surface area contributed by atoms with Crippen LogP contribution in [0.1, 0.15) is 11.1 Å². The molecular formula is C18H17F3N4O5S. The molecule has 2 aromatic carbocycles. The molecule has 166 valence electrons. The van der Waals surface area contributed by atoms with Gasteiger partial charge in [-0.2, -0.15) is 22.6 Å². The maximum absolute atomic E-state index is 13.0. The van der Waals surface area contributed by atoms with Crippen molar-refractivity contribution in [1.82, 2.24) is 4.31 Å². The van der Waals surface area contributed by atoms with E-state index >= 15 is 0 Å². The van der Waals surface area contributed by atoms with E-state index in [1.165, 1.54) is 24.4 Å². The van der Waals surface area contributed by atoms with E-state index < -0.39 is 32.4 Å². The first-order valence-electron chi connectivity index (χ1n) is 8.92. The van der Waals surface area contributed by atoms with E-state index in [4.69, 9.17) is 4.74 Å². The van der Waals surface area contributed by atoms with Gasteiger partial charge in [0.15, 0.2) is 0 Å². The predicted octanol–water partition coefficient (Wildman–Crippen LogP) is 3.08. The zero-order valence-corrected chi connectivity index (χ0v) is 16.7. The number of ether oxygens (including phenoxy) is 1. The number of rotatable bonds is 6. The highest BCUT2D eigenvalue weighted by atomic mass is 32.2. The summed E-state index contributed by atoms with van der Waals surface area (Å²) in [6, 6.07) is 7.44. The fourth-order valence-electron chi connectivity index (χ4n) is 2.79. The standard InChI is InChI=1S/C18H17F3N4O5S/c19-18(20,21)14-3-1-13(2-4-14)12-22-23-16-6-5-15(25(26)27)11-17(16)31(28,29)24-7-9-30-10-8-24/h1-6,11-12,23H,7-10H2. The van der Waals surface area contributed by atoms with Gasteiger partial charge in [0.1, 0.15) is 4.90 Å². The molecule has 1 heterocycles. The number of alkyl halides is 3. The lowest BCUT2D eigenvalue weighted by molar-refractivity contribution is -0.385. The van der Waals surface area contributed by atoms with Crippen LogP contribution in [0.5, 0.6) is 0 Å². The Morgan fingerprint density at radius 2 is 1.77 bits per heavy atom. The highest BCUT2D eigenvalue weighted by Crippen LogP contribution is 2.30. The molecule has 0 spiro atoms. The molecule has 0 aromatic heterocycles. The maximum Gasteiger partial charge on any atom is 0.416 e. The highest BCUT2D eigenvalue weighted by molar-refractivity contribution is 7.89. The lowest BCUT2D eigenvalue weighted by Crippen LogP contribution is -2.40. The number of anilines is 1. The average Bonchev–Trinajstić information content (AvgIpc) is 2.74. The van der Waals surface area contributed by atoms with Crippen LogP contribution < -0.4 is 5.43 Å². The maximum atomic E-state index is 13.0. The number of nitro benzene ring substituents is 1. The topological polar surface area (TPSA) is 114 Å². The first kappa shape index (κ1) is 22.7. The normalized spacial score (nSPS) is 15.8. The summed E-state index contributed by atoms with van der Waals surface area (Å²) in [6.45, 7) is 0.588. The summed E-state index contributed by atoms with van der Waals surface area (Å²) < 4.78 is 70.2. The minimum Gasteiger partial charge on any atom is -0.379 e. The third-order valence-electron chi connectivity index (χ3n) is 4.40. The molecule has 1 fully saturated rings. The molecule has 1 aliphatic heterocycles. The largest absolute Gasteiger partial charge is 0.416 e. The van der Waals surface area contributed by atoms with Gasteiger partial charge in [-0.3, -0.25) is 15.5 Å².